The zero-order valence-electron chi connectivity index (χ0n) is 8.89. The van der Waals surface area contributed by atoms with Gasteiger partial charge < -0.3 is 5.11 Å². The van der Waals surface area contributed by atoms with Crippen LogP contribution in [0, 0.1) is 6.92 Å². The van der Waals surface area contributed by atoms with Gasteiger partial charge in [0.15, 0.2) is 0 Å². The number of aliphatic hydroxyl groups is 1. The minimum Gasteiger partial charge on any atom is -0.384 e. The summed E-state index contributed by atoms with van der Waals surface area (Å²) in [6.45, 7) is 1.96. The van der Waals surface area contributed by atoms with Gasteiger partial charge in [-0.15, -0.1) is 0 Å². The summed E-state index contributed by atoms with van der Waals surface area (Å²) >= 11 is 3.39. The average Bonchev–Trinajstić information content (AvgIpc) is 2.28. The zero-order chi connectivity index (χ0) is 11.5. The Morgan fingerprint density at radius 2 is 2.00 bits per heavy atom. The molecule has 0 spiro atoms. The SMILES string of the molecule is Cc1cncc(C(O)c2cccc(Br)c2)c1. The van der Waals surface area contributed by atoms with Crippen LogP contribution in [0.5, 0.6) is 0 Å². The van der Waals surface area contributed by atoms with E-state index in [4.69, 9.17) is 0 Å². The molecule has 0 radical (unpaired) electrons. The van der Waals surface area contributed by atoms with E-state index in [1.54, 1.807) is 12.4 Å². The molecule has 1 heterocycles. The molecule has 3 heteroatoms. The lowest BCUT2D eigenvalue weighted by Gasteiger charge is -2.11. The molecule has 0 aliphatic heterocycles. The number of hydrogen-bond donors (Lipinski definition) is 1. The molecule has 0 amide bonds. The van der Waals surface area contributed by atoms with Crippen molar-refractivity contribution >= 4 is 15.9 Å². The van der Waals surface area contributed by atoms with Gasteiger partial charge in [0, 0.05) is 22.4 Å². The van der Waals surface area contributed by atoms with Gasteiger partial charge in [-0.05, 0) is 30.2 Å². The first kappa shape index (κ1) is 11.3. The van der Waals surface area contributed by atoms with E-state index < -0.39 is 6.10 Å². The predicted octanol–water partition coefficient (Wildman–Crippen LogP) is 3.23. The third-order valence-corrected chi connectivity index (χ3v) is 2.87. The van der Waals surface area contributed by atoms with Crippen LogP contribution >= 0.6 is 15.9 Å². The van der Waals surface area contributed by atoms with Crippen LogP contribution in [0.3, 0.4) is 0 Å². The van der Waals surface area contributed by atoms with E-state index in [0.29, 0.717) is 0 Å². The first-order valence-electron chi connectivity index (χ1n) is 5.02. The number of benzene rings is 1. The van der Waals surface area contributed by atoms with Crippen LogP contribution in [0.15, 0.2) is 47.2 Å². The van der Waals surface area contributed by atoms with E-state index in [9.17, 15) is 5.11 Å². The van der Waals surface area contributed by atoms with E-state index >= 15 is 0 Å². The minimum atomic E-state index is -0.620. The summed E-state index contributed by atoms with van der Waals surface area (Å²) in [4.78, 5) is 4.08. The van der Waals surface area contributed by atoms with Crippen molar-refractivity contribution < 1.29 is 5.11 Å². The van der Waals surface area contributed by atoms with E-state index in [2.05, 4.69) is 20.9 Å². The molecule has 1 N–H and O–H groups in total. The Kier molecular flexibility index (Phi) is 3.36. The lowest BCUT2D eigenvalue weighted by molar-refractivity contribution is 0.219. The highest BCUT2D eigenvalue weighted by Crippen LogP contribution is 2.24. The van der Waals surface area contributed by atoms with Crippen molar-refractivity contribution in [2.24, 2.45) is 0 Å². The average molecular weight is 278 g/mol. The maximum atomic E-state index is 10.2. The zero-order valence-corrected chi connectivity index (χ0v) is 10.5. The van der Waals surface area contributed by atoms with E-state index in [1.807, 2.05) is 37.3 Å². The summed E-state index contributed by atoms with van der Waals surface area (Å²) in [5, 5.41) is 10.2. The summed E-state index contributed by atoms with van der Waals surface area (Å²) in [6.07, 6.45) is 2.85. The van der Waals surface area contributed by atoms with Crippen LogP contribution < -0.4 is 0 Å². The maximum Gasteiger partial charge on any atom is 0.106 e. The molecule has 1 aromatic heterocycles. The molecule has 2 nitrogen and oxygen atoms in total. The van der Waals surface area contributed by atoms with Crippen LogP contribution in [0.1, 0.15) is 22.8 Å². The molecule has 0 saturated heterocycles. The minimum absolute atomic E-state index is 0.620. The highest BCUT2D eigenvalue weighted by Gasteiger charge is 2.10. The Hall–Kier alpha value is -1.19. The van der Waals surface area contributed by atoms with Crippen molar-refractivity contribution in [3.8, 4) is 0 Å². The Morgan fingerprint density at radius 1 is 1.19 bits per heavy atom. The van der Waals surface area contributed by atoms with Crippen molar-refractivity contribution in [3.63, 3.8) is 0 Å². The molecule has 16 heavy (non-hydrogen) atoms. The van der Waals surface area contributed by atoms with E-state index in [-0.39, 0.29) is 0 Å². The van der Waals surface area contributed by atoms with Crippen molar-refractivity contribution in [2.45, 2.75) is 13.0 Å². The van der Waals surface area contributed by atoms with Gasteiger partial charge in [-0.3, -0.25) is 4.98 Å². The monoisotopic (exact) mass is 277 g/mol. The van der Waals surface area contributed by atoms with Crippen molar-refractivity contribution in [3.05, 3.63) is 63.9 Å². The largest absolute Gasteiger partial charge is 0.384 e. The van der Waals surface area contributed by atoms with E-state index in [1.165, 1.54) is 0 Å². The van der Waals surface area contributed by atoms with Gasteiger partial charge >= 0.3 is 0 Å². The molecule has 1 atom stereocenters. The van der Waals surface area contributed by atoms with Crippen molar-refractivity contribution in [1.29, 1.82) is 0 Å². The number of aliphatic hydroxyl groups excluding tert-OH is 1. The van der Waals surface area contributed by atoms with Gasteiger partial charge in [-0.25, -0.2) is 0 Å². The molecule has 1 aromatic carbocycles. The number of nitrogens with zero attached hydrogens (tertiary/aromatic N) is 1. The Balaban J connectivity index is 2.35. The van der Waals surface area contributed by atoms with Gasteiger partial charge in [0.25, 0.3) is 0 Å². The fraction of sp³-hybridized carbons (Fsp3) is 0.154. The predicted molar refractivity (Wildman–Crippen MR) is 67.2 cm³/mol. The molecule has 2 rings (SSSR count). The van der Waals surface area contributed by atoms with Crippen molar-refractivity contribution in [1.82, 2.24) is 4.98 Å². The number of halogens is 1. The Labute approximate surface area is 103 Å². The fourth-order valence-electron chi connectivity index (χ4n) is 1.60. The third kappa shape index (κ3) is 2.49. The van der Waals surface area contributed by atoms with E-state index in [0.717, 1.165) is 21.2 Å². The maximum absolute atomic E-state index is 10.2. The molecule has 2 aromatic rings. The molecular weight excluding hydrogens is 266 g/mol. The third-order valence-electron chi connectivity index (χ3n) is 2.38. The van der Waals surface area contributed by atoms with Crippen molar-refractivity contribution in [2.75, 3.05) is 0 Å². The topological polar surface area (TPSA) is 33.1 Å². The van der Waals surface area contributed by atoms with Gasteiger partial charge in [-0.1, -0.05) is 34.1 Å². The molecule has 1 unspecified atom stereocenters. The first-order valence-corrected chi connectivity index (χ1v) is 5.81. The fourth-order valence-corrected chi connectivity index (χ4v) is 2.01. The molecule has 0 fully saturated rings. The van der Waals surface area contributed by atoms with Crippen LogP contribution in [0.4, 0.5) is 0 Å². The van der Waals surface area contributed by atoms with Crippen LogP contribution in [-0.4, -0.2) is 10.1 Å². The first-order chi connectivity index (χ1) is 7.66. The summed E-state index contributed by atoms with van der Waals surface area (Å²) in [6, 6.07) is 9.60. The van der Waals surface area contributed by atoms with Gasteiger partial charge in [0.1, 0.15) is 6.10 Å². The molecule has 0 aliphatic carbocycles. The summed E-state index contributed by atoms with van der Waals surface area (Å²) in [5.41, 5.74) is 2.73. The summed E-state index contributed by atoms with van der Waals surface area (Å²) in [5.74, 6) is 0. The number of rotatable bonds is 2. The van der Waals surface area contributed by atoms with Crippen LogP contribution in [0.2, 0.25) is 0 Å². The second-order valence-corrected chi connectivity index (χ2v) is 4.67. The summed E-state index contributed by atoms with van der Waals surface area (Å²) < 4.78 is 0.963. The lowest BCUT2D eigenvalue weighted by atomic mass is 10.0. The standard InChI is InChI=1S/C13H12BrNO/c1-9-5-11(8-15-7-9)13(16)10-3-2-4-12(14)6-10/h2-8,13,16H,1H3. The molecule has 0 saturated carbocycles. The molecule has 0 bridgehead atoms. The molecule has 82 valence electrons. The van der Waals surface area contributed by atoms with Crippen LogP contribution in [0.25, 0.3) is 0 Å². The lowest BCUT2D eigenvalue weighted by Crippen LogP contribution is -2.00. The number of aromatic nitrogens is 1. The van der Waals surface area contributed by atoms with Gasteiger partial charge in [0.05, 0.1) is 0 Å². The Bertz CT molecular complexity index is 453. The highest BCUT2D eigenvalue weighted by molar-refractivity contribution is 9.10. The molecular formula is C13H12BrNO. The Morgan fingerprint density at radius 3 is 2.69 bits per heavy atom. The number of pyridine rings is 1. The number of hydrogen-bond acceptors (Lipinski definition) is 2. The number of aryl methyl sites for hydroxylation is 1. The second kappa shape index (κ2) is 4.76. The quantitative estimate of drug-likeness (QED) is 0.914. The van der Waals surface area contributed by atoms with Gasteiger partial charge in [-0.2, -0.15) is 0 Å². The van der Waals surface area contributed by atoms with Crippen LogP contribution in [-0.2, 0) is 0 Å². The molecule has 0 aliphatic rings. The second-order valence-electron chi connectivity index (χ2n) is 3.75. The van der Waals surface area contributed by atoms with Gasteiger partial charge in [0.2, 0.25) is 0 Å². The normalized spacial score (nSPS) is 12.4. The smallest absolute Gasteiger partial charge is 0.106 e. The summed E-state index contributed by atoms with van der Waals surface area (Å²) in [7, 11) is 0. The highest BCUT2D eigenvalue weighted by atomic mass is 79.9.